The highest BCUT2D eigenvalue weighted by Crippen LogP contribution is 2.32. The summed E-state index contributed by atoms with van der Waals surface area (Å²) in [6, 6.07) is 4.63. The van der Waals surface area contributed by atoms with Crippen molar-refractivity contribution >= 4 is 29.1 Å². The molecule has 156 valence electrons. The van der Waals surface area contributed by atoms with E-state index in [1.807, 2.05) is 4.90 Å². The average molecular weight is 401 g/mol. The van der Waals surface area contributed by atoms with E-state index >= 15 is 0 Å². The Kier molecular flexibility index (Phi) is 5.56. The van der Waals surface area contributed by atoms with Gasteiger partial charge in [0.05, 0.1) is 11.6 Å². The highest BCUT2D eigenvalue weighted by Gasteiger charge is 2.38. The summed E-state index contributed by atoms with van der Waals surface area (Å²) in [4.78, 5) is 40.3. The van der Waals surface area contributed by atoms with Crippen molar-refractivity contribution < 1.29 is 18.8 Å². The van der Waals surface area contributed by atoms with Crippen LogP contribution in [0.5, 0.6) is 0 Å². The molecule has 6 nitrogen and oxygen atoms in total. The van der Waals surface area contributed by atoms with Gasteiger partial charge in [0, 0.05) is 37.7 Å². The number of hydrogen-bond acceptors (Lipinski definition) is 3. The van der Waals surface area contributed by atoms with Gasteiger partial charge in [0.1, 0.15) is 5.82 Å². The van der Waals surface area contributed by atoms with Crippen LogP contribution >= 0.6 is 0 Å². The summed E-state index contributed by atoms with van der Waals surface area (Å²) >= 11 is 0. The lowest BCUT2D eigenvalue weighted by Crippen LogP contribution is -2.39. The number of carbonyl (C=O) groups is 3. The lowest BCUT2D eigenvalue weighted by atomic mass is 9.87. The molecule has 0 bridgehead atoms. The van der Waals surface area contributed by atoms with Gasteiger partial charge in [0.25, 0.3) is 0 Å². The summed E-state index contributed by atoms with van der Waals surface area (Å²) in [5.41, 5.74) is 0.597. The molecule has 3 amide bonds. The van der Waals surface area contributed by atoms with E-state index in [-0.39, 0.29) is 35.9 Å². The Morgan fingerprint density at radius 1 is 1.14 bits per heavy atom. The summed E-state index contributed by atoms with van der Waals surface area (Å²) in [6.45, 7) is 3.19. The van der Waals surface area contributed by atoms with Crippen LogP contribution in [0.3, 0.4) is 0 Å². The number of rotatable bonds is 4. The van der Waals surface area contributed by atoms with Gasteiger partial charge in [-0.3, -0.25) is 14.4 Å². The van der Waals surface area contributed by atoms with Gasteiger partial charge in [0.2, 0.25) is 17.7 Å². The van der Waals surface area contributed by atoms with Crippen molar-refractivity contribution in [3.63, 3.8) is 0 Å². The third kappa shape index (κ3) is 4.14. The Morgan fingerprint density at radius 3 is 2.55 bits per heavy atom. The number of likely N-dealkylation sites (tertiary alicyclic amines) is 1. The Morgan fingerprint density at radius 2 is 1.90 bits per heavy atom. The monoisotopic (exact) mass is 401 g/mol. The molecule has 2 heterocycles. The van der Waals surface area contributed by atoms with E-state index in [9.17, 15) is 18.8 Å². The van der Waals surface area contributed by atoms with Crippen molar-refractivity contribution in [2.45, 2.75) is 57.9 Å². The van der Waals surface area contributed by atoms with Gasteiger partial charge >= 0.3 is 0 Å². The van der Waals surface area contributed by atoms with Gasteiger partial charge in [-0.05, 0) is 56.2 Å². The van der Waals surface area contributed by atoms with Crippen LogP contribution in [-0.2, 0) is 14.4 Å². The first kappa shape index (κ1) is 19.9. The predicted molar refractivity (Wildman–Crippen MR) is 108 cm³/mol. The normalized spacial score (nSPS) is 27.6. The van der Waals surface area contributed by atoms with Gasteiger partial charge in [0.15, 0.2) is 0 Å². The molecule has 2 saturated heterocycles. The second-order valence-corrected chi connectivity index (χ2v) is 8.67. The molecule has 0 spiro atoms. The number of anilines is 2. The zero-order valence-electron chi connectivity index (χ0n) is 16.8. The van der Waals surface area contributed by atoms with Crippen LogP contribution in [0, 0.1) is 17.7 Å². The maximum Gasteiger partial charge on any atom is 0.229 e. The maximum atomic E-state index is 14.5. The minimum absolute atomic E-state index is 0.0405. The number of amides is 3. The third-order valence-corrected chi connectivity index (χ3v) is 6.53. The topological polar surface area (TPSA) is 69.7 Å². The Balaban J connectivity index is 1.37. The van der Waals surface area contributed by atoms with Crippen LogP contribution in [0.1, 0.15) is 51.9 Å². The fraction of sp³-hybridized carbons (Fsp3) is 0.591. The molecule has 1 unspecified atom stereocenters. The van der Waals surface area contributed by atoms with Crippen LogP contribution in [0.4, 0.5) is 15.8 Å². The van der Waals surface area contributed by atoms with Crippen molar-refractivity contribution in [1.29, 1.82) is 0 Å². The van der Waals surface area contributed by atoms with Gasteiger partial charge in [-0.1, -0.05) is 6.92 Å². The molecular formula is C22H28FN3O3. The van der Waals surface area contributed by atoms with Gasteiger partial charge in [-0.25, -0.2) is 4.39 Å². The molecule has 3 fully saturated rings. The summed E-state index contributed by atoms with van der Waals surface area (Å²) in [6.07, 6.45) is 5.62. The molecule has 1 N–H and O–H groups in total. The Bertz CT molecular complexity index is 820. The number of benzene rings is 1. The first-order chi connectivity index (χ1) is 13.9. The van der Waals surface area contributed by atoms with E-state index in [0.717, 1.165) is 32.1 Å². The maximum absolute atomic E-state index is 14.5. The first-order valence-corrected chi connectivity index (χ1v) is 10.6. The minimum atomic E-state index is -0.529. The van der Waals surface area contributed by atoms with E-state index in [1.165, 1.54) is 17.0 Å². The largest absolute Gasteiger partial charge is 0.339 e. The van der Waals surface area contributed by atoms with E-state index in [4.69, 9.17) is 0 Å². The lowest BCUT2D eigenvalue weighted by molar-refractivity contribution is -0.130. The molecule has 7 heteroatoms. The zero-order chi connectivity index (χ0) is 20.5. The van der Waals surface area contributed by atoms with E-state index in [0.29, 0.717) is 31.1 Å². The van der Waals surface area contributed by atoms with E-state index in [2.05, 4.69) is 12.2 Å². The van der Waals surface area contributed by atoms with Crippen molar-refractivity contribution in [3.8, 4) is 0 Å². The summed E-state index contributed by atoms with van der Waals surface area (Å²) < 4.78 is 14.5. The van der Waals surface area contributed by atoms with Crippen LogP contribution in [-0.4, -0.2) is 41.8 Å². The quantitative estimate of drug-likeness (QED) is 0.841. The second-order valence-electron chi connectivity index (χ2n) is 8.67. The highest BCUT2D eigenvalue weighted by atomic mass is 19.1. The van der Waals surface area contributed by atoms with Crippen LogP contribution in [0.2, 0.25) is 0 Å². The van der Waals surface area contributed by atoms with Crippen molar-refractivity contribution in [1.82, 2.24) is 4.90 Å². The predicted octanol–water partition coefficient (Wildman–Crippen LogP) is 3.32. The number of hydrogen-bond donors (Lipinski definition) is 1. The fourth-order valence-electron chi connectivity index (χ4n) is 4.77. The molecule has 0 aromatic heterocycles. The molecule has 1 aliphatic carbocycles. The average Bonchev–Trinajstić information content (AvgIpc) is 3.28. The molecule has 3 aliphatic rings. The van der Waals surface area contributed by atoms with Crippen LogP contribution in [0.15, 0.2) is 18.2 Å². The summed E-state index contributed by atoms with van der Waals surface area (Å²) in [5.74, 6) is -0.532. The van der Waals surface area contributed by atoms with Gasteiger partial charge in [-0.15, -0.1) is 0 Å². The highest BCUT2D eigenvalue weighted by molar-refractivity contribution is 5.98. The van der Waals surface area contributed by atoms with Crippen molar-refractivity contribution in [3.05, 3.63) is 24.0 Å². The Hall–Kier alpha value is -2.44. The molecular weight excluding hydrogens is 373 g/mol. The summed E-state index contributed by atoms with van der Waals surface area (Å²) in [7, 11) is 0. The molecule has 1 saturated carbocycles. The smallest absolute Gasteiger partial charge is 0.229 e. The third-order valence-electron chi connectivity index (χ3n) is 6.53. The van der Waals surface area contributed by atoms with Gasteiger partial charge in [-0.2, -0.15) is 0 Å². The molecule has 2 aliphatic heterocycles. The summed E-state index contributed by atoms with van der Waals surface area (Å²) in [5, 5.41) is 2.74. The fourth-order valence-corrected chi connectivity index (χ4v) is 4.77. The van der Waals surface area contributed by atoms with E-state index in [1.54, 1.807) is 6.07 Å². The van der Waals surface area contributed by atoms with Gasteiger partial charge < -0.3 is 15.1 Å². The molecule has 4 rings (SSSR count). The molecule has 1 atom stereocenters. The SMILES string of the molecule is CC1CCC(N2CC(C(=O)Nc3ccc(N4CCCC4=O)c(F)c3)CC2=O)CC1. The standard InChI is InChI=1S/C22H28FN3O3/c1-14-4-7-17(8-5-14)26-13-15(11-21(26)28)22(29)24-16-6-9-19(18(23)12-16)25-10-2-3-20(25)27/h6,9,12,14-15,17H,2-5,7-8,10-11,13H2,1H3,(H,24,29). The number of halogens is 1. The Labute approximate surface area is 170 Å². The number of nitrogens with zero attached hydrogens (tertiary/aromatic N) is 2. The van der Waals surface area contributed by atoms with Crippen LogP contribution < -0.4 is 10.2 Å². The lowest BCUT2D eigenvalue weighted by Gasteiger charge is -2.33. The zero-order valence-corrected chi connectivity index (χ0v) is 16.8. The number of nitrogens with one attached hydrogen (secondary N) is 1. The van der Waals surface area contributed by atoms with Crippen molar-refractivity contribution in [2.75, 3.05) is 23.3 Å². The molecule has 1 aromatic carbocycles. The first-order valence-electron chi connectivity index (χ1n) is 10.6. The minimum Gasteiger partial charge on any atom is -0.339 e. The van der Waals surface area contributed by atoms with Crippen molar-refractivity contribution in [2.24, 2.45) is 11.8 Å². The molecule has 29 heavy (non-hydrogen) atoms. The van der Waals surface area contributed by atoms with E-state index < -0.39 is 11.7 Å². The number of carbonyl (C=O) groups excluding carboxylic acids is 3. The van der Waals surface area contributed by atoms with Crippen LogP contribution in [0.25, 0.3) is 0 Å². The molecule has 0 radical (unpaired) electrons. The second kappa shape index (κ2) is 8.13. The molecule has 1 aromatic rings.